The molecular weight excluding hydrogens is 653 g/mol. The SMILES string of the molecule is c1ccc(-n2c3ccccc3c3c4oc5c(ccc6c5c5ccccc5n6-c5ccc(-c6ccc7sc8ccccc8c7c6)cc5)c4ccc32)cc1. The van der Waals surface area contributed by atoms with Crippen LogP contribution in [0.5, 0.6) is 0 Å². The number of hydrogen-bond donors (Lipinski definition) is 0. The summed E-state index contributed by atoms with van der Waals surface area (Å²) < 4.78 is 14.5. The van der Waals surface area contributed by atoms with E-state index >= 15 is 0 Å². The number of nitrogens with zero attached hydrogens (tertiary/aromatic N) is 2. The molecule has 0 aliphatic carbocycles. The minimum Gasteiger partial charge on any atom is -0.455 e. The van der Waals surface area contributed by atoms with Crippen LogP contribution in [0.4, 0.5) is 0 Å². The topological polar surface area (TPSA) is 23.0 Å². The smallest absolute Gasteiger partial charge is 0.145 e. The molecule has 0 spiro atoms. The summed E-state index contributed by atoms with van der Waals surface area (Å²) in [4.78, 5) is 0. The van der Waals surface area contributed by atoms with Crippen molar-refractivity contribution in [1.29, 1.82) is 0 Å². The number of rotatable bonds is 3. The van der Waals surface area contributed by atoms with Crippen molar-refractivity contribution in [3.8, 4) is 22.5 Å². The van der Waals surface area contributed by atoms with Crippen LogP contribution in [-0.2, 0) is 0 Å². The Bertz CT molecular complexity index is 3390. The summed E-state index contributed by atoms with van der Waals surface area (Å²) in [6.45, 7) is 0. The first-order valence-corrected chi connectivity index (χ1v) is 18.5. The molecule has 0 unspecified atom stereocenters. The van der Waals surface area contributed by atoms with Crippen LogP contribution < -0.4 is 0 Å². The molecule has 0 N–H and O–H groups in total. The molecule has 4 heteroatoms. The molecule has 0 aliphatic rings. The fourth-order valence-corrected chi connectivity index (χ4v) is 9.72. The van der Waals surface area contributed by atoms with E-state index < -0.39 is 0 Å². The fourth-order valence-electron chi connectivity index (χ4n) is 8.64. The Morgan fingerprint density at radius 3 is 1.52 bits per heavy atom. The molecule has 242 valence electrons. The quantitative estimate of drug-likeness (QED) is 0.182. The lowest BCUT2D eigenvalue weighted by molar-refractivity contribution is 0.677. The molecular formula is C48H28N2OS. The van der Waals surface area contributed by atoms with Crippen LogP contribution in [0, 0.1) is 0 Å². The van der Waals surface area contributed by atoms with Crippen molar-refractivity contribution in [2.45, 2.75) is 0 Å². The molecule has 0 saturated carbocycles. The number of thiophene rings is 1. The van der Waals surface area contributed by atoms with E-state index in [1.165, 1.54) is 47.6 Å². The predicted molar refractivity (Wildman–Crippen MR) is 221 cm³/mol. The molecule has 0 atom stereocenters. The van der Waals surface area contributed by atoms with Crippen LogP contribution in [0.25, 0.3) is 108 Å². The van der Waals surface area contributed by atoms with Gasteiger partial charge in [-0.3, -0.25) is 0 Å². The molecule has 12 aromatic rings. The third-order valence-electron chi connectivity index (χ3n) is 10.9. The normalized spacial score (nSPS) is 12.2. The van der Waals surface area contributed by atoms with Crippen LogP contribution in [0.1, 0.15) is 0 Å². The third-order valence-corrected chi connectivity index (χ3v) is 12.1. The van der Waals surface area contributed by atoms with Gasteiger partial charge in [0, 0.05) is 53.1 Å². The minimum absolute atomic E-state index is 0.930. The molecule has 0 saturated heterocycles. The Balaban J connectivity index is 1.07. The Morgan fingerprint density at radius 1 is 0.346 bits per heavy atom. The zero-order chi connectivity index (χ0) is 33.9. The second-order valence-corrected chi connectivity index (χ2v) is 14.8. The van der Waals surface area contributed by atoms with E-state index in [2.05, 4.69) is 179 Å². The number of benzene rings is 8. The van der Waals surface area contributed by atoms with Gasteiger partial charge in [-0.25, -0.2) is 0 Å². The summed E-state index contributed by atoms with van der Waals surface area (Å²) in [5.74, 6) is 0. The van der Waals surface area contributed by atoms with Crippen molar-refractivity contribution in [1.82, 2.24) is 9.13 Å². The van der Waals surface area contributed by atoms with Gasteiger partial charge in [0.05, 0.1) is 32.8 Å². The third kappa shape index (κ3) is 3.79. The van der Waals surface area contributed by atoms with Crippen molar-refractivity contribution >= 4 is 97.1 Å². The Hall–Kier alpha value is -6.62. The minimum atomic E-state index is 0.930. The van der Waals surface area contributed by atoms with Crippen molar-refractivity contribution in [2.24, 2.45) is 0 Å². The first-order valence-electron chi connectivity index (χ1n) is 17.7. The van der Waals surface area contributed by atoms with Gasteiger partial charge in [-0.05, 0) is 90.0 Å². The number of furan rings is 1. The Morgan fingerprint density at radius 2 is 0.865 bits per heavy atom. The van der Waals surface area contributed by atoms with Crippen LogP contribution in [0.3, 0.4) is 0 Å². The first kappa shape index (κ1) is 28.1. The maximum absolute atomic E-state index is 7.10. The van der Waals surface area contributed by atoms with Crippen LogP contribution in [0.15, 0.2) is 174 Å². The summed E-state index contributed by atoms with van der Waals surface area (Å²) in [6, 6.07) is 61.6. The molecule has 0 fully saturated rings. The number of para-hydroxylation sites is 3. The van der Waals surface area contributed by atoms with Crippen molar-refractivity contribution in [3.63, 3.8) is 0 Å². The number of aromatic nitrogens is 2. The lowest BCUT2D eigenvalue weighted by Gasteiger charge is -2.09. The maximum Gasteiger partial charge on any atom is 0.145 e. The van der Waals surface area contributed by atoms with Gasteiger partial charge in [0.1, 0.15) is 11.2 Å². The van der Waals surface area contributed by atoms with E-state index in [4.69, 9.17) is 4.42 Å². The standard InChI is InChI=1S/C48H28N2OS/c1-2-10-31(11-3-1)49-39-15-7-4-13-36(39)45-41(49)25-23-34-35-24-26-42-46(48(35)51-47(34)45)37-14-5-8-16-40(37)50(42)32-21-18-29(19-22-32)30-20-27-44-38(28-30)33-12-6-9-17-43(33)52-44/h1-28H. The summed E-state index contributed by atoms with van der Waals surface area (Å²) >= 11 is 1.86. The van der Waals surface area contributed by atoms with Gasteiger partial charge in [0.2, 0.25) is 0 Å². The molecule has 8 aromatic carbocycles. The first-order chi connectivity index (χ1) is 25.8. The summed E-state index contributed by atoms with van der Waals surface area (Å²) in [5, 5.41) is 9.58. The van der Waals surface area contributed by atoms with Gasteiger partial charge in [-0.1, -0.05) is 91.0 Å². The van der Waals surface area contributed by atoms with Crippen LogP contribution in [0.2, 0.25) is 0 Å². The van der Waals surface area contributed by atoms with E-state index in [0.717, 1.165) is 60.6 Å². The number of hydrogen-bond acceptors (Lipinski definition) is 2. The second kappa shape index (κ2) is 10.5. The average Bonchev–Trinajstić information content (AvgIpc) is 3.95. The zero-order valence-electron chi connectivity index (χ0n) is 27.9. The predicted octanol–water partition coefficient (Wildman–Crippen LogP) is 13.8. The van der Waals surface area contributed by atoms with E-state index in [-0.39, 0.29) is 0 Å². The summed E-state index contributed by atoms with van der Waals surface area (Å²) in [5.41, 5.74) is 11.2. The summed E-state index contributed by atoms with van der Waals surface area (Å²) in [6.07, 6.45) is 0. The highest BCUT2D eigenvalue weighted by atomic mass is 32.1. The molecule has 52 heavy (non-hydrogen) atoms. The number of fused-ring (bicyclic) bond motifs is 14. The molecule has 4 aromatic heterocycles. The van der Waals surface area contributed by atoms with Crippen LogP contribution in [-0.4, -0.2) is 9.13 Å². The molecule has 0 bridgehead atoms. The average molecular weight is 681 g/mol. The van der Waals surface area contributed by atoms with Crippen molar-refractivity contribution in [2.75, 3.05) is 0 Å². The molecule has 4 heterocycles. The summed E-state index contributed by atoms with van der Waals surface area (Å²) in [7, 11) is 0. The van der Waals surface area contributed by atoms with E-state index in [1.54, 1.807) is 0 Å². The van der Waals surface area contributed by atoms with Gasteiger partial charge in [0.25, 0.3) is 0 Å². The molecule has 0 radical (unpaired) electrons. The largest absolute Gasteiger partial charge is 0.455 e. The fraction of sp³-hybridized carbons (Fsp3) is 0. The lowest BCUT2D eigenvalue weighted by atomic mass is 10.0. The maximum atomic E-state index is 7.10. The molecule has 12 rings (SSSR count). The molecule has 0 aliphatic heterocycles. The lowest BCUT2D eigenvalue weighted by Crippen LogP contribution is -1.93. The molecule has 3 nitrogen and oxygen atoms in total. The Labute approximate surface area is 301 Å². The highest BCUT2D eigenvalue weighted by Crippen LogP contribution is 2.45. The van der Waals surface area contributed by atoms with Gasteiger partial charge in [0.15, 0.2) is 0 Å². The van der Waals surface area contributed by atoms with Crippen molar-refractivity contribution < 1.29 is 4.42 Å². The van der Waals surface area contributed by atoms with E-state index in [1.807, 2.05) is 11.3 Å². The molecule has 0 amide bonds. The highest BCUT2D eigenvalue weighted by molar-refractivity contribution is 7.25. The van der Waals surface area contributed by atoms with Gasteiger partial charge in [-0.15, -0.1) is 11.3 Å². The van der Waals surface area contributed by atoms with Gasteiger partial charge >= 0.3 is 0 Å². The van der Waals surface area contributed by atoms with Crippen molar-refractivity contribution in [3.05, 3.63) is 170 Å². The zero-order valence-corrected chi connectivity index (χ0v) is 28.7. The van der Waals surface area contributed by atoms with Gasteiger partial charge < -0.3 is 13.6 Å². The van der Waals surface area contributed by atoms with Gasteiger partial charge in [-0.2, -0.15) is 0 Å². The highest BCUT2D eigenvalue weighted by Gasteiger charge is 2.22. The monoisotopic (exact) mass is 680 g/mol. The second-order valence-electron chi connectivity index (χ2n) is 13.7. The van der Waals surface area contributed by atoms with E-state index in [0.29, 0.717) is 0 Å². The van der Waals surface area contributed by atoms with Crippen LogP contribution >= 0.6 is 11.3 Å². The Kier molecular flexibility index (Phi) is 5.65. The van der Waals surface area contributed by atoms with E-state index in [9.17, 15) is 0 Å².